The summed E-state index contributed by atoms with van der Waals surface area (Å²) in [5, 5.41) is 10.2. The second-order valence-electron chi connectivity index (χ2n) is 11.4. The molecule has 33 heavy (non-hydrogen) atoms. The van der Waals surface area contributed by atoms with Gasteiger partial charge in [-0.2, -0.15) is 0 Å². The second-order valence-corrected chi connectivity index (χ2v) is 11.4. The van der Waals surface area contributed by atoms with Gasteiger partial charge in [0.1, 0.15) is 12.2 Å². The molecule has 0 radical (unpaired) electrons. The molecule has 0 aromatic carbocycles. The van der Waals surface area contributed by atoms with Gasteiger partial charge in [0, 0.05) is 12.5 Å². The van der Waals surface area contributed by atoms with Crippen LogP contribution in [0.2, 0.25) is 0 Å². The van der Waals surface area contributed by atoms with Crippen molar-refractivity contribution in [2.24, 2.45) is 34.0 Å². The molecule has 0 aromatic rings. The molecule has 4 aliphatic carbocycles. The van der Waals surface area contributed by atoms with E-state index in [-0.39, 0.29) is 35.1 Å². The summed E-state index contributed by atoms with van der Waals surface area (Å²) in [6, 6.07) is 0. The van der Waals surface area contributed by atoms with Crippen molar-refractivity contribution in [1.29, 1.82) is 0 Å². The zero-order valence-corrected chi connectivity index (χ0v) is 20.6. The van der Waals surface area contributed by atoms with Crippen molar-refractivity contribution < 1.29 is 29.0 Å². The standard InChI is InChI=1S/C27H38O6/c1-7-15(2)23(29)33-22-16(3)18-9-10-19-25(5)11-8-12-26(6,24(30)31)20(25)13-21(32-17(4)28)27(19,22)14-18/h7,18-22H,3,8-14H2,1-2,4-6H3,(H,30,31). The number of esters is 2. The van der Waals surface area contributed by atoms with Crippen LogP contribution in [0, 0.1) is 34.0 Å². The molecule has 4 rings (SSSR count). The van der Waals surface area contributed by atoms with E-state index in [0.717, 1.165) is 37.7 Å². The van der Waals surface area contributed by atoms with Crippen molar-refractivity contribution >= 4 is 17.9 Å². The summed E-state index contributed by atoms with van der Waals surface area (Å²) in [6.45, 7) is 13.4. The van der Waals surface area contributed by atoms with Gasteiger partial charge in [-0.3, -0.25) is 9.59 Å². The maximum Gasteiger partial charge on any atom is 0.333 e. The minimum absolute atomic E-state index is 0.0892. The topological polar surface area (TPSA) is 89.9 Å². The summed E-state index contributed by atoms with van der Waals surface area (Å²) in [7, 11) is 0. The van der Waals surface area contributed by atoms with E-state index in [1.54, 1.807) is 13.0 Å². The van der Waals surface area contributed by atoms with Crippen LogP contribution in [-0.4, -0.2) is 35.2 Å². The van der Waals surface area contributed by atoms with E-state index in [9.17, 15) is 19.5 Å². The molecule has 0 heterocycles. The highest BCUT2D eigenvalue weighted by molar-refractivity contribution is 5.88. The third-order valence-electron chi connectivity index (χ3n) is 10.0. The maximum absolute atomic E-state index is 12.9. The Labute approximate surface area is 196 Å². The van der Waals surface area contributed by atoms with Crippen molar-refractivity contribution in [3.8, 4) is 0 Å². The van der Waals surface area contributed by atoms with Crippen molar-refractivity contribution in [1.82, 2.24) is 0 Å². The first-order valence-corrected chi connectivity index (χ1v) is 12.3. The van der Waals surface area contributed by atoms with Crippen LogP contribution < -0.4 is 0 Å². The summed E-state index contributed by atoms with van der Waals surface area (Å²) in [5.41, 5.74) is -0.203. The number of ether oxygens (including phenoxy) is 2. The number of aliphatic carboxylic acids is 1. The monoisotopic (exact) mass is 458 g/mol. The summed E-state index contributed by atoms with van der Waals surface area (Å²) in [4.78, 5) is 37.7. The van der Waals surface area contributed by atoms with E-state index in [1.807, 2.05) is 13.8 Å². The molecule has 1 N–H and O–H groups in total. The van der Waals surface area contributed by atoms with Gasteiger partial charge >= 0.3 is 17.9 Å². The van der Waals surface area contributed by atoms with Gasteiger partial charge in [0.2, 0.25) is 0 Å². The third-order valence-corrected chi connectivity index (χ3v) is 10.0. The lowest BCUT2D eigenvalue weighted by Crippen LogP contribution is -2.66. The highest BCUT2D eigenvalue weighted by Crippen LogP contribution is 2.73. The van der Waals surface area contributed by atoms with E-state index in [2.05, 4.69) is 13.5 Å². The van der Waals surface area contributed by atoms with Crippen molar-refractivity contribution in [2.75, 3.05) is 0 Å². The molecule has 6 nitrogen and oxygen atoms in total. The van der Waals surface area contributed by atoms with Crippen LogP contribution in [0.25, 0.3) is 0 Å². The first kappa shape index (κ1) is 24.0. The molecule has 6 heteroatoms. The number of rotatable bonds is 4. The summed E-state index contributed by atoms with van der Waals surface area (Å²) in [6.07, 6.45) is 6.23. The SMILES string of the molecule is C=C1C2CCC3C4(C)CCCC(C)(C(=O)O)C4CC(OC(C)=O)C3(C2)C1OC(=O)C(C)=CC. The quantitative estimate of drug-likeness (QED) is 0.359. The minimum Gasteiger partial charge on any atom is -0.481 e. The average molecular weight is 459 g/mol. The van der Waals surface area contributed by atoms with Crippen LogP contribution in [0.15, 0.2) is 23.8 Å². The Morgan fingerprint density at radius 1 is 1.09 bits per heavy atom. The lowest BCUT2D eigenvalue weighted by Gasteiger charge is -2.65. The largest absolute Gasteiger partial charge is 0.481 e. The highest BCUT2D eigenvalue weighted by Gasteiger charge is 2.73. The van der Waals surface area contributed by atoms with Crippen molar-refractivity contribution in [3.63, 3.8) is 0 Å². The Morgan fingerprint density at radius 3 is 2.39 bits per heavy atom. The van der Waals surface area contributed by atoms with Crippen LogP contribution in [0.5, 0.6) is 0 Å². The number of fused-ring (bicyclic) bond motifs is 3. The average Bonchev–Trinajstić information content (AvgIpc) is 2.95. The maximum atomic E-state index is 12.9. The number of carbonyl (C=O) groups is 3. The Hall–Kier alpha value is -2.11. The van der Waals surface area contributed by atoms with Gasteiger partial charge in [-0.1, -0.05) is 26.0 Å². The van der Waals surface area contributed by atoms with Crippen LogP contribution in [0.1, 0.15) is 79.6 Å². The molecular formula is C27H38O6. The van der Waals surface area contributed by atoms with E-state index >= 15 is 0 Å². The third kappa shape index (κ3) is 3.30. The molecule has 4 fully saturated rings. The zero-order chi connectivity index (χ0) is 24.3. The molecule has 8 atom stereocenters. The lowest BCUT2D eigenvalue weighted by molar-refractivity contribution is -0.236. The molecule has 182 valence electrons. The molecule has 4 aliphatic rings. The molecule has 0 amide bonds. The van der Waals surface area contributed by atoms with Gasteiger partial charge in [-0.15, -0.1) is 0 Å². The zero-order valence-electron chi connectivity index (χ0n) is 20.6. The predicted molar refractivity (Wildman–Crippen MR) is 123 cm³/mol. The number of allylic oxidation sites excluding steroid dienone is 1. The van der Waals surface area contributed by atoms with Crippen molar-refractivity contribution in [3.05, 3.63) is 23.8 Å². The first-order valence-electron chi connectivity index (χ1n) is 12.3. The van der Waals surface area contributed by atoms with E-state index in [4.69, 9.17) is 9.47 Å². The molecule has 1 spiro atoms. The Bertz CT molecular complexity index is 920. The molecule has 8 unspecified atom stereocenters. The number of carboxylic acids is 1. The molecule has 0 aliphatic heterocycles. The second kappa shape index (κ2) is 7.99. The number of carbonyl (C=O) groups excluding carboxylic acids is 2. The summed E-state index contributed by atoms with van der Waals surface area (Å²) < 4.78 is 12.2. The van der Waals surface area contributed by atoms with E-state index in [0.29, 0.717) is 18.4 Å². The van der Waals surface area contributed by atoms with Crippen LogP contribution in [0.3, 0.4) is 0 Å². The Morgan fingerprint density at radius 2 is 1.79 bits per heavy atom. The molecule has 0 saturated heterocycles. The van der Waals surface area contributed by atoms with Gasteiger partial charge in [0.15, 0.2) is 0 Å². The van der Waals surface area contributed by atoms with Crippen LogP contribution in [-0.2, 0) is 23.9 Å². The molecule has 4 saturated carbocycles. The van der Waals surface area contributed by atoms with Crippen molar-refractivity contribution in [2.45, 2.75) is 91.8 Å². The molecule has 2 bridgehead atoms. The minimum atomic E-state index is -0.868. The van der Waals surface area contributed by atoms with Gasteiger partial charge in [-0.25, -0.2) is 4.79 Å². The lowest BCUT2D eigenvalue weighted by atomic mass is 9.40. The summed E-state index contributed by atoms with van der Waals surface area (Å²) >= 11 is 0. The van der Waals surface area contributed by atoms with Gasteiger partial charge in [0.25, 0.3) is 0 Å². The Balaban J connectivity index is 1.85. The van der Waals surface area contributed by atoms with Crippen LogP contribution in [0.4, 0.5) is 0 Å². The van der Waals surface area contributed by atoms with Crippen LogP contribution >= 0.6 is 0 Å². The number of hydrogen-bond acceptors (Lipinski definition) is 5. The molecule has 0 aromatic heterocycles. The van der Waals surface area contributed by atoms with Gasteiger partial charge in [-0.05, 0) is 88.0 Å². The normalized spacial score (nSPS) is 44.5. The smallest absolute Gasteiger partial charge is 0.333 e. The predicted octanol–water partition coefficient (Wildman–Crippen LogP) is 5.07. The Kier molecular flexibility index (Phi) is 5.82. The van der Waals surface area contributed by atoms with E-state index in [1.165, 1.54) is 6.92 Å². The number of carboxylic acid groups (broad SMARTS) is 1. The summed E-state index contributed by atoms with van der Waals surface area (Å²) in [5.74, 6) is -1.32. The fraction of sp³-hybridized carbons (Fsp3) is 0.741. The van der Waals surface area contributed by atoms with E-state index < -0.39 is 29.0 Å². The first-order chi connectivity index (χ1) is 15.4. The fourth-order valence-corrected chi connectivity index (χ4v) is 8.35. The molecular weight excluding hydrogens is 420 g/mol. The fourth-order valence-electron chi connectivity index (χ4n) is 8.35. The number of hydrogen-bond donors (Lipinski definition) is 1. The van der Waals surface area contributed by atoms with Gasteiger partial charge < -0.3 is 14.6 Å². The highest BCUT2D eigenvalue weighted by atomic mass is 16.6. The van der Waals surface area contributed by atoms with Gasteiger partial charge in [0.05, 0.1) is 10.8 Å².